The van der Waals surface area contributed by atoms with Crippen LogP contribution < -0.4 is 5.32 Å². The van der Waals surface area contributed by atoms with Gasteiger partial charge in [-0.25, -0.2) is 0 Å². The van der Waals surface area contributed by atoms with Gasteiger partial charge in [0.2, 0.25) is 0 Å². The molecule has 0 aliphatic heterocycles. The van der Waals surface area contributed by atoms with Gasteiger partial charge >= 0.3 is 0 Å². The van der Waals surface area contributed by atoms with Crippen LogP contribution in [0.5, 0.6) is 0 Å². The highest BCUT2D eigenvalue weighted by atomic mass is 32.1. The van der Waals surface area contributed by atoms with E-state index in [9.17, 15) is 9.59 Å². The molecule has 5 nitrogen and oxygen atoms in total. The fourth-order valence-corrected chi connectivity index (χ4v) is 3.48. The number of thiophene rings is 1. The lowest BCUT2D eigenvalue weighted by molar-refractivity contribution is 0.0589. The molecule has 140 valence electrons. The molecule has 2 rings (SSSR count). The van der Waals surface area contributed by atoms with Crippen molar-refractivity contribution in [2.45, 2.75) is 32.7 Å². The third kappa shape index (κ3) is 5.16. The molecule has 1 aromatic carbocycles. The van der Waals surface area contributed by atoms with Crippen LogP contribution >= 0.6 is 11.3 Å². The van der Waals surface area contributed by atoms with Crippen LogP contribution in [-0.4, -0.2) is 43.0 Å². The third-order valence-electron chi connectivity index (χ3n) is 4.29. The number of anilines is 1. The molecule has 26 heavy (non-hydrogen) atoms. The average molecular weight is 375 g/mol. The molecule has 1 N–H and O–H groups in total. The maximum atomic E-state index is 13.0. The predicted octanol–water partition coefficient (Wildman–Crippen LogP) is 4.28. The summed E-state index contributed by atoms with van der Waals surface area (Å²) in [7, 11) is 1.64. The van der Waals surface area contributed by atoms with E-state index in [4.69, 9.17) is 4.74 Å². The summed E-state index contributed by atoms with van der Waals surface area (Å²) in [6.07, 6.45) is 1.78. The Hall–Kier alpha value is -2.18. The van der Waals surface area contributed by atoms with Crippen molar-refractivity contribution in [1.29, 1.82) is 0 Å². The molecular formula is C20H26N2O3S. The van der Waals surface area contributed by atoms with E-state index >= 15 is 0 Å². The molecule has 0 unspecified atom stereocenters. The molecule has 0 saturated heterocycles. The summed E-state index contributed by atoms with van der Waals surface area (Å²) in [4.78, 5) is 27.8. The maximum absolute atomic E-state index is 13.0. The van der Waals surface area contributed by atoms with Crippen molar-refractivity contribution in [3.05, 3.63) is 52.2 Å². The van der Waals surface area contributed by atoms with Crippen LogP contribution in [0.2, 0.25) is 0 Å². The molecule has 0 spiro atoms. The maximum Gasteiger partial charge on any atom is 0.265 e. The zero-order chi connectivity index (χ0) is 18.9. The molecule has 0 bridgehead atoms. The summed E-state index contributed by atoms with van der Waals surface area (Å²) in [6.45, 7) is 5.21. The van der Waals surface area contributed by atoms with E-state index in [0.717, 1.165) is 12.8 Å². The van der Waals surface area contributed by atoms with Crippen LogP contribution in [0.3, 0.4) is 0 Å². The van der Waals surface area contributed by atoms with Crippen LogP contribution in [0.4, 0.5) is 5.69 Å². The lowest BCUT2D eigenvalue weighted by Gasteiger charge is -2.30. The van der Waals surface area contributed by atoms with Gasteiger partial charge in [-0.2, -0.15) is 0 Å². The molecule has 0 fully saturated rings. The van der Waals surface area contributed by atoms with Crippen LogP contribution in [0.25, 0.3) is 0 Å². The number of carbonyl (C=O) groups excluding carboxylic acids is 2. The molecule has 0 saturated carbocycles. The van der Waals surface area contributed by atoms with Crippen molar-refractivity contribution in [2.24, 2.45) is 0 Å². The van der Waals surface area contributed by atoms with Crippen LogP contribution in [-0.2, 0) is 4.74 Å². The first-order valence-corrected chi connectivity index (χ1v) is 9.73. The summed E-state index contributed by atoms with van der Waals surface area (Å²) in [6, 6.07) is 10.9. The summed E-state index contributed by atoms with van der Waals surface area (Å²) in [5.74, 6) is -0.205. The van der Waals surface area contributed by atoms with E-state index in [0.29, 0.717) is 29.3 Å². The van der Waals surface area contributed by atoms with Gasteiger partial charge in [0.15, 0.2) is 0 Å². The molecule has 2 amide bonds. The van der Waals surface area contributed by atoms with E-state index in [1.165, 1.54) is 11.3 Å². The topological polar surface area (TPSA) is 58.6 Å². The number of methoxy groups -OCH3 is 1. The molecule has 0 aliphatic rings. The number of nitrogens with one attached hydrogen (secondary N) is 1. The van der Waals surface area contributed by atoms with Crippen LogP contribution in [0.1, 0.15) is 46.7 Å². The van der Waals surface area contributed by atoms with Gasteiger partial charge in [0.25, 0.3) is 11.8 Å². The molecule has 0 aliphatic carbocycles. The molecular weight excluding hydrogens is 348 g/mol. The fourth-order valence-electron chi connectivity index (χ4n) is 2.87. The van der Waals surface area contributed by atoms with E-state index in [1.807, 2.05) is 16.3 Å². The largest absolute Gasteiger partial charge is 0.383 e. The first-order valence-electron chi connectivity index (χ1n) is 8.85. The number of carbonyl (C=O) groups is 2. The van der Waals surface area contributed by atoms with Gasteiger partial charge in [0, 0.05) is 30.9 Å². The van der Waals surface area contributed by atoms with Crippen molar-refractivity contribution in [3.8, 4) is 0 Å². The third-order valence-corrected chi connectivity index (χ3v) is 5.16. The van der Waals surface area contributed by atoms with Gasteiger partial charge in [0.05, 0.1) is 11.5 Å². The minimum absolute atomic E-state index is 0.0389. The van der Waals surface area contributed by atoms with Gasteiger partial charge in [-0.1, -0.05) is 26.0 Å². The van der Waals surface area contributed by atoms with Crippen LogP contribution in [0.15, 0.2) is 41.8 Å². The van der Waals surface area contributed by atoms with Crippen molar-refractivity contribution in [2.75, 3.05) is 25.6 Å². The second-order valence-corrected chi connectivity index (χ2v) is 6.92. The second kappa shape index (κ2) is 10.1. The number of benzene rings is 1. The highest BCUT2D eigenvalue weighted by Crippen LogP contribution is 2.18. The minimum atomic E-state index is -0.166. The van der Waals surface area contributed by atoms with Crippen molar-refractivity contribution in [1.82, 2.24) is 4.90 Å². The van der Waals surface area contributed by atoms with E-state index < -0.39 is 0 Å². The van der Waals surface area contributed by atoms with Gasteiger partial charge in [-0.15, -0.1) is 11.3 Å². The first kappa shape index (κ1) is 20.1. The number of rotatable bonds is 9. The Labute approximate surface area is 159 Å². The normalized spacial score (nSPS) is 10.8. The van der Waals surface area contributed by atoms with Crippen LogP contribution in [0, 0.1) is 0 Å². The first-order chi connectivity index (χ1) is 12.6. The number of hydrogen-bond acceptors (Lipinski definition) is 4. The molecule has 1 aromatic heterocycles. The Morgan fingerprint density at radius 2 is 1.96 bits per heavy atom. The zero-order valence-electron chi connectivity index (χ0n) is 15.5. The Bertz CT molecular complexity index is 712. The average Bonchev–Trinajstić information content (AvgIpc) is 3.20. The van der Waals surface area contributed by atoms with Gasteiger partial charge < -0.3 is 15.0 Å². The second-order valence-electron chi connectivity index (χ2n) is 5.97. The van der Waals surface area contributed by atoms with Gasteiger partial charge in [-0.05, 0) is 42.5 Å². The van der Waals surface area contributed by atoms with Crippen molar-refractivity contribution < 1.29 is 14.3 Å². The summed E-state index contributed by atoms with van der Waals surface area (Å²) < 4.78 is 5.17. The Morgan fingerprint density at radius 3 is 2.58 bits per heavy atom. The standard InChI is InChI=1S/C20H26N2O3S/c1-4-17(5-2)22(11-12-25-3)20(24)15-8-6-9-16(14-15)21-19(23)18-10-7-13-26-18/h6-10,13-14,17H,4-5,11-12H2,1-3H3,(H,21,23). The molecule has 2 aromatic rings. The zero-order valence-corrected chi connectivity index (χ0v) is 16.3. The van der Waals surface area contributed by atoms with E-state index in [2.05, 4.69) is 19.2 Å². The van der Waals surface area contributed by atoms with Crippen molar-refractivity contribution in [3.63, 3.8) is 0 Å². The van der Waals surface area contributed by atoms with Gasteiger partial charge in [0.1, 0.15) is 0 Å². The monoisotopic (exact) mass is 374 g/mol. The summed E-state index contributed by atoms with van der Waals surface area (Å²) >= 11 is 1.38. The lowest BCUT2D eigenvalue weighted by Crippen LogP contribution is -2.41. The van der Waals surface area contributed by atoms with Crippen molar-refractivity contribution >= 4 is 28.8 Å². The molecule has 1 heterocycles. The Kier molecular flexibility index (Phi) is 7.81. The number of nitrogens with zero attached hydrogens (tertiary/aromatic N) is 1. The summed E-state index contributed by atoms with van der Waals surface area (Å²) in [5.41, 5.74) is 1.18. The molecule has 0 atom stereocenters. The number of amides is 2. The fraction of sp³-hybridized carbons (Fsp3) is 0.400. The Balaban J connectivity index is 2.17. The smallest absolute Gasteiger partial charge is 0.265 e. The SMILES string of the molecule is CCC(CC)N(CCOC)C(=O)c1cccc(NC(=O)c2cccs2)c1. The van der Waals surface area contributed by atoms with Gasteiger partial charge in [-0.3, -0.25) is 9.59 Å². The predicted molar refractivity (Wildman–Crippen MR) is 106 cm³/mol. The molecule has 0 radical (unpaired) electrons. The Morgan fingerprint density at radius 1 is 1.19 bits per heavy atom. The minimum Gasteiger partial charge on any atom is -0.383 e. The molecule has 6 heteroatoms. The van der Waals surface area contributed by atoms with E-state index in [1.54, 1.807) is 37.4 Å². The highest BCUT2D eigenvalue weighted by molar-refractivity contribution is 7.12. The summed E-state index contributed by atoms with van der Waals surface area (Å²) in [5, 5.41) is 4.71. The van der Waals surface area contributed by atoms with E-state index in [-0.39, 0.29) is 17.9 Å². The number of ether oxygens (including phenoxy) is 1. The number of hydrogen-bond donors (Lipinski definition) is 1. The quantitative estimate of drug-likeness (QED) is 0.713. The lowest BCUT2D eigenvalue weighted by atomic mass is 10.1. The highest BCUT2D eigenvalue weighted by Gasteiger charge is 2.22.